The molecule has 0 bridgehead atoms. The SMILES string of the molecule is Cc1cc(NCc2ccccc2F)nc(NCc2ccc(Cl)cc2)n1. The molecule has 0 radical (unpaired) electrons. The Balaban J connectivity index is 1.65. The van der Waals surface area contributed by atoms with Crippen LogP contribution in [0.1, 0.15) is 16.8 Å². The van der Waals surface area contributed by atoms with Crippen LogP contribution in [-0.2, 0) is 13.1 Å². The van der Waals surface area contributed by atoms with E-state index in [4.69, 9.17) is 11.6 Å². The van der Waals surface area contributed by atoms with Gasteiger partial charge in [-0.1, -0.05) is 41.9 Å². The summed E-state index contributed by atoms with van der Waals surface area (Å²) in [5.41, 5.74) is 2.49. The van der Waals surface area contributed by atoms with Crippen LogP contribution >= 0.6 is 11.6 Å². The average molecular weight is 357 g/mol. The van der Waals surface area contributed by atoms with E-state index in [0.717, 1.165) is 11.3 Å². The van der Waals surface area contributed by atoms with E-state index in [9.17, 15) is 4.39 Å². The van der Waals surface area contributed by atoms with Crippen molar-refractivity contribution >= 4 is 23.4 Å². The summed E-state index contributed by atoms with van der Waals surface area (Å²) in [6.07, 6.45) is 0. The van der Waals surface area contributed by atoms with Crippen molar-refractivity contribution in [3.63, 3.8) is 0 Å². The molecule has 6 heteroatoms. The normalized spacial score (nSPS) is 10.5. The van der Waals surface area contributed by atoms with Gasteiger partial charge in [-0.25, -0.2) is 9.37 Å². The minimum Gasteiger partial charge on any atom is -0.366 e. The molecule has 3 aromatic rings. The molecular formula is C19H18ClFN4. The van der Waals surface area contributed by atoms with E-state index in [1.807, 2.05) is 43.3 Å². The predicted octanol–water partition coefficient (Wildman–Crippen LogP) is 4.80. The number of benzene rings is 2. The second kappa shape index (κ2) is 7.94. The van der Waals surface area contributed by atoms with Gasteiger partial charge in [-0.05, 0) is 30.7 Å². The average Bonchev–Trinajstić information content (AvgIpc) is 2.60. The van der Waals surface area contributed by atoms with Gasteiger partial charge in [0.05, 0.1) is 0 Å². The lowest BCUT2D eigenvalue weighted by molar-refractivity contribution is 0.613. The van der Waals surface area contributed by atoms with Crippen LogP contribution in [0.5, 0.6) is 0 Å². The van der Waals surface area contributed by atoms with E-state index in [1.54, 1.807) is 12.1 Å². The van der Waals surface area contributed by atoms with Crippen LogP contribution in [0.15, 0.2) is 54.6 Å². The van der Waals surface area contributed by atoms with Crippen molar-refractivity contribution < 1.29 is 4.39 Å². The lowest BCUT2D eigenvalue weighted by Gasteiger charge is -2.10. The van der Waals surface area contributed by atoms with E-state index in [-0.39, 0.29) is 5.82 Å². The molecule has 0 aliphatic heterocycles. The maximum absolute atomic E-state index is 13.7. The van der Waals surface area contributed by atoms with Crippen LogP contribution in [0.4, 0.5) is 16.2 Å². The van der Waals surface area contributed by atoms with E-state index < -0.39 is 0 Å². The van der Waals surface area contributed by atoms with Crippen molar-refractivity contribution in [3.8, 4) is 0 Å². The Kier molecular flexibility index (Phi) is 5.46. The van der Waals surface area contributed by atoms with Gasteiger partial charge in [0.25, 0.3) is 0 Å². The molecular weight excluding hydrogens is 339 g/mol. The zero-order valence-corrected chi connectivity index (χ0v) is 14.5. The molecule has 0 atom stereocenters. The van der Waals surface area contributed by atoms with Gasteiger partial charge in [0.15, 0.2) is 0 Å². The zero-order valence-electron chi connectivity index (χ0n) is 13.8. The Hall–Kier alpha value is -2.66. The third-order valence-corrected chi connectivity index (χ3v) is 3.89. The van der Waals surface area contributed by atoms with Crippen molar-refractivity contribution in [1.82, 2.24) is 9.97 Å². The molecule has 128 valence electrons. The van der Waals surface area contributed by atoms with Crippen LogP contribution in [-0.4, -0.2) is 9.97 Å². The molecule has 0 fully saturated rings. The van der Waals surface area contributed by atoms with Gasteiger partial charge in [-0.3, -0.25) is 0 Å². The Morgan fingerprint density at radius 1 is 0.960 bits per heavy atom. The summed E-state index contributed by atoms with van der Waals surface area (Å²) in [4.78, 5) is 8.81. The second-order valence-corrected chi connectivity index (χ2v) is 6.08. The molecule has 0 aliphatic rings. The lowest BCUT2D eigenvalue weighted by atomic mass is 10.2. The van der Waals surface area contributed by atoms with Gasteiger partial charge in [0, 0.05) is 35.4 Å². The number of hydrogen-bond donors (Lipinski definition) is 2. The van der Waals surface area contributed by atoms with Crippen LogP contribution < -0.4 is 10.6 Å². The zero-order chi connectivity index (χ0) is 17.6. The smallest absolute Gasteiger partial charge is 0.225 e. The first kappa shape index (κ1) is 17.2. The summed E-state index contributed by atoms with van der Waals surface area (Å²) < 4.78 is 13.7. The molecule has 3 rings (SSSR count). The van der Waals surface area contributed by atoms with E-state index >= 15 is 0 Å². The number of anilines is 2. The fraction of sp³-hybridized carbons (Fsp3) is 0.158. The minimum atomic E-state index is -0.234. The van der Waals surface area contributed by atoms with Crippen LogP contribution in [0.3, 0.4) is 0 Å². The highest BCUT2D eigenvalue weighted by atomic mass is 35.5. The molecule has 25 heavy (non-hydrogen) atoms. The van der Waals surface area contributed by atoms with Gasteiger partial charge in [-0.15, -0.1) is 0 Å². The lowest BCUT2D eigenvalue weighted by Crippen LogP contribution is -2.08. The van der Waals surface area contributed by atoms with Gasteiger partial charge in [0.2, 0.25) is 5.95 Å². The van der Waals surface area contributed by atoms with Gasteiger partial charge in [0.1, 0.15) is 11.6 Å². The van der Waals surface area contributed by atoms with Crippen LogP contribution in [0.2, 0.25) is 5.02 Å². The highest BCUT2D eigenvalue weighted by Crippen LogP contribution is 2.14. The highest BCUT2D eigenvalue weighted by Gasteiger charge is 2.05. The Morgan fingerprint density at radius 2 is 1.72 bits per heavy atom. The fourth-order valence-corrected chi connectivity index (χ4v) is 2.48. The molecule has 0 amide bonds. The number of hydrogen-bond acceptors (Lipinski definition) is 4. The monoisotopic (exact) mass is 356 g/mol. The Labute approximate surface area is 151 Å². The summed E-state index contributed by atoms with van der Waals surface area (Å²) in [5, 5.41) is 7.04. The maximum Gasteiger partial charge on any atom is 0.225 e. The third-order valence-electron chi connectivity index (χ3n) is 3.64. The molecule has 1 aromatic heterocycles. The minimum absolute atomic E-state index is 0.234. The van der Waals surface area contributed by atoms with Crippen LogP contribution in [0.25, 0.3) is 0 Å². The van der Waals surface area contributed by atoms with Gasteiger partial charge >= 0.3 is 0 Å². The van der Waals surface area contributed by atoms with Crippen molar-refractivity contribution in [2.45, 2.75) is 20.0 Å². The number of aryl methyl sites for hydroxylation is 1. The van der Waals surface area contributed by atoms with E-state index in [0.29, 0.717) is 35.4 Å². The molecule has 1 heterocycles. The molecule has 0 saturated carbocycles. The van der Waals surface area contributed by atoms with Crippen LogP contribution in [0, 0.1) is 12.7 Å². The first-order valence-corrected chi connectivity index (χ1v) is 8.29. The van der Waals surface area contributed by atoms with Crippen molar-refractivity contribution in [3.05, 3.63) is 82.3 Å². The van der Waals surface area contributed by atoms with Crippen molar-refractivity contribution in [1.29, 1.82) is 0 Å². The molecule has 2 N–H and O–H groups in total. The molecule has 4 nitrogen and oxygen atoms in total. The molecule has 0 saturated heterocycles. The first-order chi connectivity index (χ1) is 12.1. The molecule has 0 aliphatic carbocycles. The quantitative estimate of drug-likeness (QED) is 0.666. The van der Waals surface area contributed by atoms with E-state index in [1.165, 1.54) is 6.07 Å². The van der Waals surface area contributed by atoms with Gasteiger partial charge in [-0.2, -0.15) is 4.98 Å². The number of nitrogens with one attached hydrogen (secondary N) is 2. The molecule has 0 spiro atoms. The summed E-state index contributed by atoms with van der Waals surface area (Å²) in [5.74, 6) is 0.933. The molecule has 2 aromatic carbocycles. The fourth-order valence-electron chi connectivity index (χ4n) is 2.35. The summed E-state index contributed by atoms with van der Waals surface area (Å²) in [6.45, 7) is 2.84. The standard InChI is InChI=1S/C19H18ClFN4/c1-13-10-18(22-12-15-4-2-3-5-17(15)21)25-19(24-13)23-11-14-6-8-16(20)9-7-14/h2-10H,11-12H2,1H3,(H2,22,23,24,25). The van der Waals surface area contributed by atoms with Gasteiger partial charge < -0.3 is 10.6 Å². The maximum atomic E-state index is 13.7. The summed E-state index contributed by atoms with van der Waals surface area (Å²) >= 11 is 5.89. The topological polar surface area (TPSA) is 49.8 Å². The number of rotatable bonds is 6. The Bertz CT molecular complexity index is 852. The Morgan fingerprint density at radius 3 is 2.48 bits per heavy atom. The highest BCUT2D eigenvalue weighted by molar-refractivity contribution is 6.30. The van der Waals surface area contributed by atoms with E-state index in [2.05, 4.69) is 20.6 Å². The van der Waals surface area contributed by atoms with Crippen molar-refractivity contribution in [2.24, 2.45) is 0 Å². The number of nitrogens with zero attached hydrogens (tertiary/aromatic N) is 2. The third kappa shape index (κ3) is 4.90. The summed E-state index contributed by atoms with van der Waals surface area (Å²) in [7, 11) is 0. The second-order valence-electron chi connectivity index (χ2n) is 5.64. The predicted molar refractivity (Wildman–Crippen MR) is 99.3 cm³/mol. The number of halogens is 2. The number of aromatic nitrogens is 2. The largest absolute Gasteiger partial charge is 0.366 e. The molecule has 0 unspecified atom stereocenters. The summed E-state index contributed by atoms with van der Waals surface area (Å²) in [6, 6.07) is 16.1. The van der Waals surface area contributed by atoms with Crippen molar-refractivity contribution in [2.75, 3.05) is 10.6 Å². The first-order valence-electron chi connectivity index (χ1n) is 7.91.